The molecule has 0 saturated heterocycles. The Morgan fingerprint density at radius 2 is 1.84 bits per heavy atom. The van der Waals surface area contributed by atoms with Crippen molar-refractivity contribution in [2.24, 2.45) is 4.99 Å². The summed E-state index contributed by atoms with van der Waals surface area (Å²) in [5.41, 5.74) is 2.96. The number of rotatable bonds is 10. The van der Waals surface area contributed by atoms with Crippen LogP contribution in [0.15, 0.2) is 64.2 Å². The molecule has 31 heavy (non-hydrogen) atoms. The van der Waals surface area contributed by atoms with Gasteiger partial charge in [0.05, 0.1) is 20.8 Å². The summed E-state index contributed by atoms with van der Waals surface area (Å²) in [6.45, 7) is 4.08. The second kappa shape index (κ2) is 11.6. The highest BCUT2D eigenvalue weighted by atomic mass is 16.5. The van der Waals surface area contributed by atoms with Gasteiger partial charge in [0.15, 0.2) is 17.5 Å². The predicted octanol–water partition coefficient (Wildman–Crippen LogP) is 4.05. The van der Waals surface area contributed by atoms with E-state index in [0.717, 1.165) is 54.6 Å². The molecule has 0 radical (unpaired) electrons. The zero-order chi connectivity index (χ0) is 21.9. The molecule has 3 rings (SSSR count). The molecule has 2 aromatic carbocycles. The van der Waals surface area contributed by atoms with Crippen molar-refractivity contribution < 1.29 is 13.9 Å². The summed E-state index contributed by atoms with van der Waals surface area (Å²) in [4.78, 5) is 9.15. The Morgan fingerprint density at radius 1 is 1.03 bits per heavy atom. The number of ether oxygens (including phenoxy) is 2. The molecule has 0 saturated carbocycles. The van der Waals surface area contributed by atoms with E-state index in [0.29, 0.717) is 12.4 Å². The number of oxazole rings is 1. The van der Waals surface area contributed by atoms with E-state index in [2.05, 4.69) is 26.7 Å². The lowest BCUT2D eigenvalue weighted by Crippen LogP contribution is -2.37. The summed E-state index contributed by atoms with van der Waals surface area (Å²) in [5.74, 6) is 2.87. The summed E-state index contributed by atoms with van der Waals surface area (Å²) in [7, 11) is 3.30. The van der Waals surface area contributed by atoms with Gasteiger partial charge in [-0.05, 0) is 49.6 Å². The molecule has 1 heterocycles. The Bertz CT molecular complexity index is 970. The molecule has 0 atom stereocenters. The molecule has 0 aliphatic rings. The van der Waals surface area contributed by atoms with E-state index in [1.165, 1.54) is 5.56 Å². The van der Waals surface area contributed by atoms with Gasteiger partial charge in [0.1, 0.15) is 12.0 Å². The highest BCUT2D eigenvalue weighted by Gasteiger charge is 2.07. The first-order valence-electron chi connectivity index (χ1n) is 10.5. The average molecular weight is 423 g/mol. The molecule has 0 amide bonds. The van der Waals surface area contributed by atoms with Crippen molar-refractivity contribution in [3.63, 3.8) is 0 Å². The number of hydrogen-bond donors (Lipinski definition) is 2. The van der Waals surface area contributed by atoms with Crippen LogP contribution in [0, 0.1) is 0 Å². The molecular weight excluding hydrogens is 392 g/mol. The molecule has 164 valence electrons. The van der Waals surface area contributed by atoms with Crippen LogP contribution in [0.3, 0.4) is 0 Å². The van der Waals surface area contributed by atoms with Gasteiger partial charge < -0.3 is 24.5 Å². The second-order valence-corrected chi connectivity index (χ2v) is 6.92. The Kier molecular flexibility index (Phi) is 8.34. The molecule has 2 N–H and O–H groups in total. The van der Waals surface area contributed by atoms with Crippen molar-refractivity contribution in [2.45, 2.75) is 26.3 Å². The van der Waals surface area contributed by atoms with Gasteiger partial charge in [-0.3, -0.25) is 0 Å². The predicted molar refractivity (Wildman–Crippen MR) is 123 cm³/mol. The van der Waals surface area contributed by atoms with Crippen LogP contribution in [0.4, 0.5) is 0 Å². The highest BCUT2D eigenvalue weighted by molar-refractivity contribution is 5.79. The lowest BCUT2D eigenvalue weighted by atomic mass is 10.1. The number of aliphatic imine (C=N–C) groups is 1. The Labute approximate surface area is 183 Å². The average Bonchev–Trinajstić information content (AvgIpc) is 3.29. The van der Waals surface area contributed by atoms with Crippen molar-refractivity contribution in [1.82, 2.24) is 15.6 Å². The molecular formula is C24H30N4O3. The van der Waals surface area contributed by atoms with E-state index < -0.39 is 0 Å². The standard InChI is InChI=1S/C24H30N4O3/c1-4-25-24(26-14-8-9-18-12-13-21(29-2)22(15-18)30-3)27-16-20-17-31-23(28-20)19-10-6-5-7-11-19/h5-7,10-13,15,17H,4,8-9,14,16H2,1-3H3,(H2,25,26,27). The van der Waals surface area contributed by atoms with Gasteiger partial charge >= 0.3 is 0 Å². The minimum atomic E-state index is 0.446. The van der Waals surface area contributed by atoms with Crippen molar-refractivity contribution in [2.75, 3.05) is 27.3 Å². The Hall–Kier alpha value is -3.48. The summed E-state index contributed by atoms with van der Waals surface area (Å²) in [6.07, 6.45) is 3.55. The monoisotopic (exact) mass is 422 g/mol. The first-order chi connectivity index (χ1) is 15.2. The van der Waals surface area contributed by atoms with E-state index in [4.69, 9.17) is 13.9 Å². The van der Waals surface area contributed by atoms with Gasteiger partial charge in [-0.15, -0.1) is 0 Å². The second-order valence-electron chi connectivity index (χ2n) is 6.92. The van der Waals surface area contributed by atoms with Crippen LogP contribution in [-0.2, 0) is 13.0 Å². The first kappa shape index (κ1) is 22.2. The third kappa shape index (κ3) is 6.50. The minimum Gasteiger partial charge on any atom is -0.493 e. The SMILES string of the molecule is CCNC(=NCc1coc(-c2ccccc2)n1)NCCCc1ccc(OC)c(OC)c1. The third-order valence-electron chi connectivity index (χ3n) is 4.70. The number of aryl methyl sites for hydroxylation is 1. The largest absolute Gasteiger partial charge is 0.493 e. The molecule has 0 aliphatic heterocycles. The van der Waals surface area contributed by atoms with E-state index in [9.17, 15) is 0 Å². The van der Waals surface area contributed by atoms with Crippen molar-refractivity contribution >= 4 is 5.96 Å². The lowest BCUT2D eigenvalue weighted by Gasteiger charge is -2.12. The molecule has 0 bridgehead atoms. The molecule has 7 nitrogen and oxygen atoms in total. The highest BCUT2D eigenvalue weighted by Crippen LogP contribution is 2.27. The minimum absolute atomic E-state index is 0.446. The smallest absolute Gasteiger partial charge is 0.226 e. The van der Waals surface area contributed by atoms with Crippen molar-refractivity contribution in [3.05, 3.63) is 66.1 Å². The van der Waals surface area contributed by atoms with Crippen LogP contribution >= 0.6 is 0 Å². The van der Waals surface area contributed by atoms with Crippen LogP contribution in [0.2, 0.25) is 0 Å². The fourth-order valence-electron chi connectivity index (χ4n) is 3.13. The number of hydrogen-bond acceptors (Lipinski definition) is 5. The molecule has 0 fully saturated rings. The van der Waals surface area contributed by atoms with Crippen molar-refractivity contribution in [3.8, 4) is 23.0 Å². The van der Waals surface area contributed by atoms with Crippen LogP contribution in [0.5, 0.6) is 11.5 Å². The molecule has 1 aromatic heterocycles. The van der Waals surface area contributed by atoms with Gasteiger partial charge in [-0.2, -0.15) is 0 Å². The summed E-state index contributed by atoms with van der Waals surface area (Å²) in [5, 5.41) is 6.64. The molecule has 7 heteroatoms. The van der Waals surface area contributed by atoms with Gasteiger partial charge in [-0.25, -0.2) is 9.98 Å². The topological polar surface area (TPSA) is 80.9 Å². The molecule has 3 aromatic rings. The van der Waals surface area contributed by atoms with Crippen LogP contribution in [-0.4, -0.2) is 38.3 Å². The number of methoxy groups -OCH3 is 2. The quantitative estimate of drug-likeness (QED) is 0.292. The maximum absolute atomic E-state index is 5.59. The third-order valence-corrected chi connectivity index (χ3v) is 4.70. The molecule has 0 unspecified atom stereocenters. The Morgan fingerprint density at radius 3 is 2.58 bits per heavy atom. The number of aromatic nitrogens is 1. The number of benzene rings is 2. The van der Waals surface area contributed by atoms with E-state index in [1.807, 2.05) is 49.4 Å². The fourth-order valence-corrected chi connectivity index (χ4v) is 3.13. The fraction of sp³-hybridized carbons (Fsp3) is 0.333. The zero-order valence-electron chi connectivity index (χ0n) is 18.4. The van der Waals surface area contributed by atoms with Crippen molar-refractivity contribution in [1.29, 1.82) is 0 Å². The van der Waals surface area contributed by atoms with Gasteiger partial charge in [0.25, 0.3) is 0 Å². The van der Waals surface area contributed by atoms with Crippen LogP contribution in [0.25, 0.3) is 11.5 Å². The lowest BCUT2D eigenvalue weighted by molar-refractivity contribution is 0.354. The van der Waals surface area contributed by atoms with Crippen LogP contribution in [0.1, 0.15) is 24.6 Å². The first-order valence-corrected chi connectivity index (χ1v) is 10.5. The Balaban J connectivity index is 1.50. The zero-order valence-corrected chi connectivity index (χ0v) is 18.4. The number of nitrogens with one attached hydrogen (secondary N) is 2. The molecule has 0 spiro atoms. The van der Waals surface area contributed by atoms with Crippen LogP contribution < -0.4 is 20.1 Å². The van der Waals surface area contributed by atoms with Gasteiger partial charge in [-0.1, -0.05) is 24.3 Å². The maximum atomic E-state index is 5.59. The van der Waals surface area contributed by atoms with E-state index in [-0.39, 0.29) is 0 Å². The summed E-state index contributed by atoms with van der Waals surface area (Å²) < 4.78 is 16.3. The molecule has 0 aliphatic carbocycles. The number of nitrogens with zero attached hydrogens (tertiary/aromatic N) is 2. The van der Waals surface area contributed by atoms with E-state index >= 15 is 0 Å². The van der Waals surface area contributed by atoms with E-state index in [1.54, 1.807) is 20.5 Å². The normalized spacial score (nSPS) is 11.3. The maximum Gasteiger partial charge on any atom is 0.226 e. The van der Waals surface area contributed by atoms with Gasteiger partial charge in [0.2, 0.25) is 5.89 Å². The summed E-state index contributed by atoms with van der Waals surface area (Å²) in [6, 6.07) is 15.9. The van der Waals surface area contributed by atoms with Gasteiger partial charge in [0, 0.05) is 18.7 Å². The number of guanidine groups is 1. The summed E-state index contributed by atoms with van der Waals surface area (Å²) >= 11 is 0.